The van der Waals surface area contributed by atoms with Crippen molar-refractivity contribution >= 4 is 11.6 Å². The number of alkyl halides is 6. The van der Waals surface area contributed by atoms with Gasteiger partial charge in [0.05, 0.1) is 23.0 Å². The van der Waals surface area contributed by atoms with Crippen molar-refractivity contribution in [1.29, 1.82) is 0 Å². The lowest BCUT2D eigenvalue weighted by Gasteiger charge is -2.13. The second-order valence-corrected chi connectivity index (χ2v) is 7.21. The molecular weight excluding hydrogens is 462 g/mol. The summed E-state index contributed by atoms with van der Waals surface area (Å²) < 4.78 is 79.7. The largest absolute Gasteiger partial charge is 0.416 e. The molecule has 0 aliphatic carbocycles. The van der Waals surface area contributed by atoms with Crippen molar-refractivity contribution in [2.75, 3.05) is 5.32 Å². The number of carbonyl (C=O) groups is 1. The summed E-state index contributed by atoms with van der Waals surface area (Å²) in [6, 6.07) is 16.0. The van der Waals surface area contributed by atoms with Gasteiger partial charge in [0.2, 0.25) is 0 Å². The second kappa shape index (κ2) is 8.65. The van der Waals surface area contributed by atoms with Crippen LogP contribution in [-0.2, 0) is 12.4 Å². The molecule has 0 saturated carbocycles. The van der Waals surface area contributed by atoms with E-state index in [1.54, 1.807) is 54.6 Å². The van der Waals surface area contributed by atoms with Crippen LogP contribution in [-0.4, -0.2) is 20.9 Å². The first-order valence-electron chi connectivity index (χ1n) is 9.70. The van der Waals surface area contributed by atoms with E-state index in [0.29, 0.717) is 28.9 Å². The number of aromatic nitrogens is 3. The van der Waals surface area contributed by atoms with Crippen molar-refractivity contribution in [1.82, 2.24) is 15.0 Å². The highest BCUT2D eigenvalue weighted by Crippen LogP contribution is 2.37. The zero-order valence-electron chi connectivity index (χ0n) is 17.0. The summed E-state index contributed by atoms with van der Waals surface area (Å²) >= 11 is 0. The molecule has 0 unspecified atom stereocenters. The van der Waals surface area contributed by atoms with E-state index in [1.807, 2.05) is 0 Å². The minimum atomic E-state index is -4.98. The van der Waals surface area contributed by atoms with Crippen LogP contribution in [0.4, 0.5) is 32.0 Å². The first kappa shape index (κ1) is 23.0. The van der Waals surface area contributed by atoms with E-state index in [9.17, 15) is 31.1 Å². The Morgan fingerprint density at radius 2 is 1.44 bits per heavy atom. The minimum Gasteiger partial charge on any atom is -0.322 e. The number of halogens is 6. The molecule has 4 aromatic rings. The minimum absolute atomic E-state index is 0.0419. The average molecular weight is 476 g/mol. The number of hydrogen-bond donors (Lipinski definition) is 1. The third-order valence-corrected chi connectivity index (χ3v) is 4.78. The Morgan fingerprint density at radius 3 is 2.06 bits per heavy atom. The molecule has 1 heterocycles. The van der Waals surface area contributed by atoms with Crippen LogP contribution < -0.4 is 5.32 Å². The molecule has 0 atom stereocenters. The number of hydrogen-bond acceptors (Lipinski definition) is 3. The topological polar surface area (TPSA) is 59.8 Å². The fourth-order valence-corrected chi connectivity index (χ4v) is 3.14. The van der Waals surface area contributed by atoms with Crippen molar-refractivity contribution in [2.24, 2.45) is 0 Å². The Balaban J connectivity index is 1.64. The average Bonchev–Trinajstić information content (AvgIpc) is 3.29. The summed E-state index contributed by atoms with van der Waals surface area (Å²) in [5, 5.41) is 10.3. The number of nitrogens with one attached hydrogen (secondary N) is 1. The third-order valence-electron chi connectivity index (χ3n) is 4.78. The Hall–Kier alpha value is -4.15. The van der Waals surface area contributed by atoms with Gasteiger partial charge in [0.25, 0.3) is 5.91 Å². The maximum atomic E-state index is 13.1. The van der Waals surface area contributed by atoms with Crippen LogP contribution in [0.2, 0.25) is 0 Å². The van der Waals surface area contributed by atoms with E-state index in [0.717, 1.165) is 4.68 Å². The lowest BCUT2D eigenvalue weighted by atomic mass is 10.1. The van der Waals surface area contributed by atoms with E-state index in [2.05, 4.69) is 15.6 Å². The summed E-state index contributed by atoms with van der Waals surface area (Å²) in [7, 11) is 0. The van der Waals surface area contributed by atoms with Gasteiger partial charge in [-0.15, -0.1) is 5.10 Å². The maximum Gasteiger partial charge on any atom is 0.416 e. The van der Waals surface area contributed by atoms with Crippen LogP contribution in [0.5, 0.6) is 0 Å². The molecule has 0 spiro atoms. The van der Waals surface area contributed by atoms with E-state index in [4.69, 9.17) is 0 Å². The molecule has 34 heavy (non-hydrogen) atoms. The van der Waals surface area contributed by atoms with Gasteiger partial charge in [-0.25, -0.2) is 4.68 Å². The molecule has 0 bridgehead atoms. The SMILES string of the molecule is O=C(Nc1cccc(-c2cn(-c3cc(C(F)(F)F)cc(C(F)(F)F)c3)nn2)c1)c1ccccc1. The third kappa shape index (κ3) is 5.08. The van der Waals surface area contributed by atoms with Crippen LogP contribution in [0.3, 0.4) is 0 Å². The molecule has 0 radical (unpaired) electrons. The van der Waals surface area contributed by atoms with E-state index < -0.39 is 29.2 Å². The summed E-state index contributed by atoms with van der Waals surface area (Å²) in [5.74, 6) is -0.356. The van der Waals surface area contributed by atoms with E-state index in [1.165, 1.54) is 6.20 Å². The highest BCUT2D eigenvalue weighted by atomic mass is 19.4. The van der Waals surface area contributed by atoms with Gasteiger partial charge in [0, 0.05) is 16.8 Å². The van der Waals surface area contributed by atoms with Crippen LogP contribution in [0, 0.1) is 0 Å². The molecule has 11 heteroatoms. The Kier molecular flexibility index (Phi) is 5.86. The van der Waals surface area contributed by atoms with Crippen molar-refractivity contribution < 1.29 is 31.1 Å². The van der Waals surface area contributed by atoms with Crippen LogP contribution in [0.15, 0.2) is 79.0 Å². The number of nitrogens with zero attached hydrogens (tertiary/aromatic N) is 3. The van der Waals surface area contributed by atoms with Gasteiger partial charge < -0.3 is 5.32 Å². The monoisotopic (exact) mass is 476 g/mol. The first-order valence-corrected chi connectivity index (χ1v) is 9.70. The molecule has 1 N–H and O–H groups in total. The Bertz CT molecular complexity index is 1300. The molecule has 5 nitrogen and oxygen atoms in total. The lowest BCUT2D eigenvalue weighted by molar-refractivity contribution is -0.143. The molecule has 0 saturated heterocycles. The van der Waals surface area contributed by atoms with Gasteiger partial charge >= 0.3 is 12.4 Å². The Labute approximate surface area is 188 Å². The molecule has 3 aromatic carbocycles. The standard InChI is InChI=1S/C23H14F6N4O/c24-22(25,26)16-10-17(23(27,28)29)12-19(11-16)33-13-20(31-32-33)15-7-4-8-18(9-15)30-21(34)14-5-2-1-3-6-14/h1-13H,(H,30,34). The van der Waals surface area contributed by atoms with Crippen molar-refractivity contribution in [3.63, 3.8) is 0 Å². The number of rotatable bonds is 4. The van der Waals surface area contributed by atoms with Gasteiger partial charge in [0.1, 0.15) is 5.69 Å². The van der Waals surface area contributed by atoms with Gasteiger partial charge in [-0.05, 0) is 42.5 Å². The highest BCUT2D eigenvalue weighted by molar-refractivity contribution is 6.04. The summed E-state index contributed by atoms with van der Waals surface area (Å²) in [6.07, 6.45) is -8.76. The molecule has 0 aliphatic rings. The van der Waals surface area contributed by atoms with Crippen LogP contribution in [0.1, 0.15) is 21.5 Å². The zero-order chi connectivity index (χ0) is 24.5. The van der Waals surface area contributed by atoms with E-state index >= 15 is 0 Å². The molecule has 1 aromatic heterocycles. The molecule has 0 fully saturated rings. The van der Waals surface area contributed by atoms with Crippen molar-refractivity contribution in [2.45, 2.75) is 12.4 Å². The van der Waals surface area contributed by atoms with Crippen LogP contribution >= 0.6 is 0 Å². The summed E-state index contributed by atoms with van der Waals surface area (Å²) in [6.45, 7) is 0. The molecule has 1 amide bonds. The lowest BCUT2D eigenvalue weighted by Crippen LogP contribution is -2.12. The molecule has 0 aliphatic heterocycles. The Morgan fingerprint density at radius 1 is 0.794 bits per heavy atom. The number of anilines is 1. The fraction of sp³-hybridized carbons (Fsp3) is 0.0870. The summed E-state index contributed by atoms with van der Waals surface area (Å²) in [4.78, 5) is 12.3. The zero-order valence-corrected chi connectivity index (χ0v) is 17.0. The van der Waals surface area contributed by atoms with Crippen LogP contribution in [0.25, 0.3) is 16.9 Å². The van der Waals surface area contributed by atoms with Gasteiger partial charge in [-0.2, -0.15) is 26.3 Å². The predicted molar refractivity (Wildman–Crippen MR) is 111 cm³/mol. The second-order valence-electron chi connectivity index (χ2n) is 7.21. The number of carbonyl (C=O) groups excluding carboxylic acids is 1. The summed E-state index contributed by atoms with van der Waals surface area (Å²) in [5.41, 5.74) is -1.89. The normalized spacial score (nSPS) is 11.9. The molecular formula is C23H14F6N4O. The predicted octanol–water partition coefficient (Wildman–Crippen LogP) is 6.22. The van der Waals surface area contributed by atoms with E-state index in [-0.39, 0.29) is 17.7 Å². The molecule has 4 rings (SSSR count). The fourth-order valence-electron chi connectivity index (χ4n) is 3.14. The number of amides is 1. The quantitative estimate of drug-likeness (QED) is 0.356. The van der Waals surface area contributed by atoms with Crippen molar-refractivity contribution in [3.05, 3.63) is 95.7 Å². The van der Waals surface area contributed by atoms with Gasteiger partial charge in [0.15, 0.2) is 0 Å². The van der Waals surface area contributed by atoms with Gasteiger partial charge in [-0.3, -0.25) is 4.79 Å². The smallest absolute Gasteiger partial charge is 0.322 e. The van der Waals surface area contributed by atoms with Crippen molar-refractivity contribution in [3.8, 4) is 16.9 Å². The number of benzene rings is 3. The highest BCUT2D eigenvalue weighted by Gasteiger charge is 2.37. The van der Waals surface area contributed by atoms with Gasteiger partial charge in [-0.1, -0.05) is 35.5 Å². The maximum absolute atomic E-state index is 13.1. The molecule has 174 valence electrons. The first-order chi connectivity index (χ1) is 16.0.